The molecule has 17 heavy (non-hydrogen) atoms. The summed E-state index contributed by atoms with van der Waals surface area (Å²) in [5.74, 6) is 0. The third-order valence-corrected chi connectivity index (χ3v) is 2.23. The molecule has 0 saturated heterocycles. The number of alkyl halides is 3. The van der Waals surface area contributed by atoms with Crippen molar-refractivity contribution >= 4 is 6.20 Å². The van der Waals surface area contributed by atoms with Gasteiger partial charge in [-0.1, -0.05) is 6.58 Å². The van der Waals surface area contributed by atoms with E-state index in [1.54, 1.807) is 17.1 Å². The molecule has 6 heteroatoms. The van der Waals surface area contributed by atoms with Gasteiger partial charge in [0.05, 0.1) is 6.20 Å². The summed E-state index contributed by atoms with van der Waals surface area (Å²) in [6.45, 7) is 4.75. The molecule has 0 aliphatic heterocycles. The highest BCUT2D eigenvalue weighted by atomic mass is 19.4. The van der Waals surface area contributed by atoms with E-state index in [1.165, 1.54) is 0 Å². The fraction of sp³-hybridized carbons (Fsp3) is 0.545. The van der Waals surface area contributed by atoms with Crippen LogP contribution in [0.25, 0.3) is 6.20 Å². The lowest BCUT2D eigenvalue weighted by molar-refractivity contribution is -0.135. The molecule has 0 atom stereocenters. The minimum absolute atomic E-state index is 0.169. The van der Waals surface area contributed by atoms with Crippen LogP contribution in [-0.2, 0) is 6.54 Å². The van der Waals surface area contributed by atoms with E-state index in [1.807, 2.05) is 6.20 Å². The van der Waals surface area contributed by atoms with Crippen LogP contribution in [-0.4, -0.2) is 22.5 Å². The molecule has 0 saturated carbocycles. The van der Waals surface area contributed by atoms with Gasteiger partial charge in [-0.25, -0.2) is 4.68 Å². The molecule has 1 N–H and O–H groups in total. The first-order valence-electron chi connectivity index (χ1n) is 5.44. The Morgan fingerprint density at radius 2 is 2.18 bits per heavy atom. The van der Waals surface area contributed by atoms with Crippen LogP contribution in [0.5, 0.6) is 0 Å². The summed E-state index contributed by atoms with van der Waals surface area (Å²) < 4.78 is 37.1. The number of aromatic nitrogens is 2. The number of halogens is 3. The Balaban J connectivity index is 2.06. The molecule has 0 aromatic carbocycles. The summed E-state index contributed by atoms with van der Waals surface area (Å²) in [5.41, 5.74) is 0.987. The highest BCUT2D eigenvalue weighted by molar-refractivity contribution is 5.17. The van der Waals surface area contributed by atoms with E-state index in [0.29, 0.717) is 19.5 Å². The standard InChI is InChI=1S/C11H16F3N3/c1-2-17-9-10(8-16-17)7-15-6-4-3-5-11(12,13)14/h2,8-9,15H,1,3-7H2. The van der Waals surface area contributed by atoms with Gasteiger partial charge in [-0.2, -0.15) is 18.3 Å². The quantitative estimate of drug-likeness (QED) is 0.751. The number of unbranched alkanes of at least 4 members (excludes halogenated alkanes) is 1. The van der Waals surface area contributed by atoms with Crippen molar-refractivity contribution in [3.8, 4) is 0 Å². The highest BCUT2D eigenvalue weighted by Crippen LogP contribution is 2.21. The molecular formula is C11H16F3N3. The zero-order valence-electron chi connectivity index (χ0n) is 9.50. The third kappa shape index (κ3) is 6.11. The Morgan fingerprint density at radius 1 is 1.41 bits per heavy atom. The van der Waals surface area contributed by atoms with Crippen molar-refractivity contribution in [1.82, 2.24) is 15.1 Å². The van der Waals surface area contributed by atoms with Crippen LogP contribution in [0.3, 0.4) is 0 Å². The summed E-state index contributed by atoms with van der Waals surface area (Å²) in [4.78, 5) is 0. The van der Waals surface area contributed by atoms with Crippen LogP contribution in [0.2, 0.25) is 0 Å². The Kier molecular flexibility index (Phi) is 5.21. The van der Waals surface area contributed by atoms with Gasteiger partial charge in [0.15, 0.2) is 0 Å². The van der Waals surface area contributed by atoms with Crippen LogP contribution in [0, 0.1) is 0 Å². The number of hydrogen-bond acceptors (Lipinski definition) is 2. The van der Waals surface area contributed by atoms with Gasteiger partial charge in [0.25, 0.3) is 0 Å². The second kappa shape index (κ2) is 6.44. The molecule has 1 aromatic heterocycles. The van der Waals surface area contributed by atoms with Crippen LogP contribution in [0.15, 0.2) is 19.0 Å². The van der Waals surface area contributed by atoms with Crippen LogP contribution >= 0.6 is 0 Å². The van der Waals surface area contributed by atoms with Crippen molar-refractivity contribution in [3.63, 3.8) is 0 Å². The second-order valence-corrected chi connectivity index (χ2v) is 3.76. The van der Waals surface area contributed by atoms with Gasteiger partial charge in [0.2, 0.25) is 0 Å². The average Bonchev–Trinajstić information content (AvgIpc) is 2.69. The molecule has 1 aromatic rings. The smallest absolute Gasteiger partial charge is 0.313 e. The maximum absolute atomic E-state index is 11.8. The minimum atomic E-state index is -4.04. The van der Waals surface area contributed by atoms with Crippen LogP contribution < -0.4 is 5.32 Å². The SMILES string of the molecule is C=Cn1cc(CNCCCCC(F)(F)F)cn1. The minimum Gasteiger partial charge on any atom is -0.313 e. The fourth-order valence-electron chi connectivity index (χ4n) is 1.38. The normalized spacial score (nSPS) is 11.7. The molecular weight excluding hydrogens is 231 g/mol. The second-order valence-electron chi connectivity index (χ2n) is 3.76. The lowest BCUT2D eigenvalue weighted by Gasteiger charge is -2.06. The maximum Gasteiger partial charge on any atom is 0.389 e. The summed E-state index contributed by atoms with van der Waals surface area (Å²) in [7, 11) is 0. The first-order valence-corrected chi connectivity index (χ1v) is 5.44. The molecule has 0 aliphatic carbocycles. The number of rotatable bonds is 7. The first kappa shape index (κ1) is 13.8. The summed E-state index contributed by atoms with van der Waals surface area (Å²) in [6, 6.07) is 0. The third-order valence-electron chi connectivity index (χ3n) is 2.23. The molecule has 0 spiro atoms. The van der Waals surface area contributed by atoms with Gasteiger partial charge in [-0.15, -0.1) is 0 Å². The summed E-state index contributed by atoms with van der Waals surface area (Å²) in [6.07, 6.45) is 1.04. The van der Waals surface area contributed by atoms with E-state index in [-0.39, 0.29) is 6.42 Å². The monoisotopic (exact) mass is 247 g/mol. The van der Waals surface area contributed by atoms with Crippen LogP contribution in [0.1, 0.15) is 24.8 Å². The Labute approximate surface area is 98.3 Å². The topological polar surface area (TPSA) is 29.9 Å². The lowest BCUT2D eigenvalue weighted by Crippen LogP contribution is -2.15. The Hall–Kier alpha value is -1.30. The van der Waals surface area contributed by atoms with Crippen molar-refractivity contribution < 1.29 is 13.2 Å². The predicted molar refractivity (Wildman–Crippen MR) is 60.2 cm³/mol. The van der Waals surface area contributed by atoms with Gasteiger partial charge in [-0.05, 0) is 19.4 Å². The van der Waals surface area contributed by atoms with E-state index in [0.717, 1.165) is 5.56 Å². The summed E-state index contributed by atoms with van der Waals surface area (Å²) >= 11 is 0. The van der Waals surface area contributed by atoms with Gasteiger partial charge in [0, 0.05) is 30.9 Å². The zero-order chi connectivity index (χ0) is 12.7. The lowest BCUT2D eigenvalue weighted by atomic mass is 10.2. The summed E-state index contributed by atoms with van der Waals surface area (Å²) in [5, 5.41) is 7.06. The number of hydrogen-bond donors (Lipinski definition) is 1. The molecule has 1 heterocycles. The number of nitrogens with zero attached hydrogens (tertiary/aromatic N) is 2. The molecule has 3 nitrogen and oxygen atoms in total. The van der Waals surface area contributed by atoms with Gasteiger partial charge in [-0.3, -0.25) is 0 Å². The van der Waals surface area contributed by atoms with Crippen LogP contribution in [0.4, 0.5) is 13.2 Å². The molecule has 0 radical (unpaired) electrons. The highest BCUT2D eigenvalue weighted by Gasteiger charge is 2.25. The van der Waals surface area contributed by atoms with Gasteiger partial charge in [0.1, 0.15) is 0 Å². The average molecular weight is 247 g/mol. The van der Waals surface area contributed by atoms with Gasteiger partial charge >= 0.3 is 6.18 Å². The molecule has 96 valence electrons. The predicted octanol–water partition coefficient (Wildman–Crippen LogP) is 2.81. The molecule has 1 rings (SSSR count). The van der Waals surface area contributed by atoms with E-state index >= 15 is 0 Å². The fourth-order valence-corrected chi connectivity index (χ4v) is 1.38. The molecule has 0 unspecified atom stereocenters. The van der Waals surface area contributed by atoms with Crippen molar-refractivity contribution in [2.24, 2.45) is 0 Å². The molecule has 0 fully saturated rings. The van der Waals surface area contributed by atoms with Crippen molar-refractivity contribution in [1.29, 1.82) is 0 Å². The maximum atomic E-state index is 11.8. The zero-order valence-corrected chi connectivity index (χ0v) is 9.50. The van der Waals surface area contributed by atoms with E-state index in [9.17, 15) is 13.2 Å². The van der Waals surface area contributed by atoms with E-state index in [4.69, 9.17) is 0 Å². The molecule has 0 aliphatic rings. The van der Waals surface area contributed by atoms with Crippen molar-refractivity contribution in [3.05, 3.63) is 24.5 Å². The van der Waals surface area contributed by atoms with Crippen molar-refractivity contribution in [2.75, 3.05) is 6.54 Å². The van der Waals surface area contributed by atoms with Gasteiger partial charge < -0.3 is 5.32 Å². The Bertz CT molecular complexity index is 344. The number of nitrogens with one attached hydrogen (secondary N) is 1. The molecule has 0 amide bonds. The van der Waals surface area contributed by atoms with E-state index in [2.05, 4.69) is 17.0 Å². The molecule has 0 bridgehead atoms. The van der Waals surface area contributed by atoms with E-state index < -0.39 is 12.6 Å². The first-order chi connectivity index (χ1) is 8.01. The Morgan fingerprint density at radius 3 is 2.76 bits per heavy atom. The largest absolute Gasteiger partial charge is 0.389 e. The van der Waals surface area contributed by atoms with Crippen molar-refractivity contribution in [2.45, 2.75) is 32.0 Å².